The van der Waals surface area contributed by atoms with Gasteiger partial charge in [-0.05, 0) is 36.6 Å². The van der Waals surface area contributed by atoms with Crippen molar-refractivity contribution in [3.8, 4) is 11.5 Å². The molecule has 7 nitrogen and oxygen atoms in total. The molecular formula is C23H34FN5O2. The van der Waals surface area contributed by atoms with Crippen molar-refractivity contribution >= 4 is 5.96 Å². The summed E-state index contributed by atoms with van der Waals surface area (Å²) in [4.78, 5) is 11.4. The third kappa shape index (κ3) is 7.33. The summed E-state index contributed by atoms with van der Waals surface area (Å²) in [6, 6.07) is 6.59. The van der Waals surface area contributed by atoms with Gasteiger partial charge in [0.1, 0.15) is 12.1 Å². The van der Waals surface area contributed by atoms with Gasteiger partial charge in [0.05, 0.1) is 18.9 Å². The highest BCUT2D eigenvalue weighted by Crippen LogP contribution is 2.19. The average molecular weight is 432 g/mol. The van der Waals surface area contributed by atoms with E-state index in [0.29, 0.717) is 30.8 Å². The molecule has 0 saturated carbocycles. The van der Waals surface area contributed by atoms with Crippen LogP contribution in [0.2, 0.25) is 0 Å². The first-order valence-corrected chi connectivity index (χ1v) is 11.0. The first-order chi connectivity index (χ1) is 15.0. The number of morpholine rings is 1. The Hall–Kier alpha value is -2.45. The molecule has 0 bridgehead atoms. The predicted octanol–water partition coefficient (Wildman–Crippen LogP) is 2.94. The van der Waals surface area contributed by atoms with Crippen LogP contribution >= 0.6 is 0 Å². The summed E-state index contributed by atoms with van der Waals surface area (Å²) in [5.74, 6) is 1.64. The third-order valence-electron chi connectivity index (χ3n) is 5.35. The van der Waals surface area contributed by atoms with Gasteiger partial charge in [-0.2, -0.15) is 0 Å². The Morgan fingerprint density at radius 2 is 1.94 bits per heavy atom. The smallest absolute Gasteiger partial charge is 0.226 e. The van der Waals surface area contributed by atoms with Gasteiger partial charge in [-0.15, -0.1) is 0 Å². The number of hydrogen-bond donors (Lipinski definition) is 2. The lowest BCUT2D eigenvalue weighted by Crippen LogP contribution is -2.51. The second-order valence-electron chi connectivity index (χ2n) is 8.21. The second kappa shape index (κ2) is 11.8. The maximum atomic E-state index is 13.1. The standard InChI is InChI=1S/C23H34FN5O2/c1-17(2)14-21(29-10-12-30-13-11-29)15-27-23(25-3)26-9-8-20-16-31-22(28-20)18-4-6-19(24)7-5-18/h4-7,16-17,21H,8-15H2,1-3H3,(H2,25,26,27). The number of aliphatic imine (C=N–C) groups is 1. The van der Waals surface area contributed by atoms with E-state index < -0.39 is 0 Å². The number of aromatic nitrogens is 1. The molecule has 170 valence electrons. The molecule has 2 heterocycles. The Balaban J connectivity index is 1.46. The Labute approximate surface area is 184 Å². The van der Waals surface area contributed by atoms with Crippen molar-refractivity contribution < 1.29 is 13.5 Å². The lowest BCUT2D eigenvalue weighted by molar-refractivity contribution is 0.0132. The number of oxazole rings is 1. The highest BCUT2D eigenvalue weighted by Gasteiger charge is 2.22. The van der Waals surface area contributed by atoms with E-state index in [1.54, 1.807) is 25.4 Å². The number of nitrogens with zero attached hydrogens (tertiary/aromatic N) is 3. The number of benzene rings is 1. The van der Waals surface area contributed by atoms with Gasteiger partial charge in [0, 0.05) is 51.3 Å². The van der Waals surface area contributed by atoms with Crippen molar-refractivity contribution in [3.05, 3.63) is 42.0 Å². The number of nitrogens with one attached hydrogen (secondary N) is 2. The zero-order valence-electron chi connectivity index (χ0n) is 18.7. The van der Waals surface area contributed by atoms with Crippen molar-refractivity contribution in [2.24, 2.45) is 10.9 Å². The lowest BCUT2D eigenvalue weighted by atomic mass is 10.0. The molecular weight excluding hydrogens is 397 g/mol. The van der Waals surface area contributed by atoms with E-state index in [1.165, 1.54) is 12.1 Å². The Kier molecular flexibility index (Phi) is 8.85. The van der Waals surface area contributed by atoms with Crippen LogP contribution in [0, 0.1) is 11.7 Å². The quantitative estimate of drug-likeness (QED) is 0.470. The molecule has 1 aromatic carbocycles. The van der Waals surface area contributed by atoms with E-state index in [1.807, 2.05) is 0 Å². The largest absolute Gasteiger partial charge is 0.444 e. The highest BCUT2D eigenvalue weighted by molar-refractivity contribution is 5.79. The first-order valence-electron chi connectivity index (χ1n) is 11.0. The van der Waals surface area contributed by atoms with E-state index in [2.05, 4.69) is 39.4 Å². The average Bonchev–Trinajstić information content (AvgIpc) is 3.25. The molecule has 0 amide bonds. The fourth-order valence-electron chi connectivity index (χ4n) is 3.74. The summed E-state index contributed by atoms with van der Waals surface area (Å²) in [5.41, 5.74) is 1.60. The number of guanidine groups is 1. The molecule has 31 heavy (non-hydrogen) atoms. The van der Waals surface area contributed by atoms with Crippen LogP contribution in [-0.4, -0.2) is 68.3 Å². The molecule has 0 radical (unpaired) electrons. The molecule has 2 N–H and O–H groups in total. The molecule has 1 aromatic heterocycles. The van der Waals surface area contributed by atoms with Gasteiger partial charge in [0.25, 0.3) is 0 Å². The lowest BCUT2D eigenvalue weighted by Gasteiger charge is -2.35. The molecule has 0 spiro atoms. The van der Waals surface area contributed by atoms with Gasteiger partial charge in [-0.3, -0.25) is 9.89 Å². The molecule has 1 aliphatic heterocycles. The summed E-state index contributed by atoms with van der Waals surface area (Å²) in [6.07, 6.45) is 3.48. The topological polar surface area (TPSA) is 74.9 Å². The maximum Gasteiger partial charge on any atom is 0.226 e. The number of rotatable bonds is 9. The van der Waals surface area contributed by atoms with E-state index in [-0.39, 0.29) is 5.82 Å². The molecule has 8 heteroatoms. The molecule has 1 saturated heterocycles. The van der Waals surface area contributed by atoms with Gasteiger partial charge in [0.2, 0.25) is 5.89 Å². The Morgan fingerprint density at radius 1 is 1.19 bits per heavy atom. The zero-order chi connectivity index (χ0) is 22.1. The predicted molar refractivity (Wildman–Crippen MR) is 121 cm³/mol. The van der Waals surface area contributed by atoms with Crippen LogP contribution in [0.3, 0.4) is 0 Å². The zero-order valence-corrected chi connectivity index (χ0v) is 18.7. The Bertz CT molecular complexity index is 816. The fraction of sp³-hybridized carbons (Fsp3) is 0.565. The van der Waals surface area contributed by atoms with Gasteiger partial charge in [-0.1, -0.05) is 13.8 Å². The van der Waals surface area contributed by atoms with Crippen molar-refractivity contribution in [1.29, 1.82) is 0 Å². The minimum atomic E-state index is -0.275. The van der Waals surface area contributed by atoms with E-state index in [4.69, 9.17) is 9.15 Å². The summed E-state index contributed by atoms with van der Waals surface area (Å²) < 4.78 is 24.1. The van der Waals surface area contributed by atoms with Crippen molar-refractivity contribution in [1.82, 2.24) is 20.5 Å². The van der Waals surface area contributed by atoms with E-state index in [0.717, 1.165) is 56.5 Å². The third-order valence-corrected chi connectivity index (χ3v) is 5.35. The van der Waals surface area contributed by atoms with E-state index >= 15 is 0 Å². The number of halogens is 1. The minimum absolute atomic E-state index is 0.275. The van der Waals surface area contributed by atoms with Crippen LogP contribution in [0.25, 0.3) is 11.5 Å². The normalized spacial score (nSPS) is 16.5. The monoisotopic (exact) mass is 431 g/mol. The minimum Gasteiger partial charge on any atom is -0.444 e. The summed E-state index contributed by atoms with van der Waals surface area (Å²) in [6.45, 7) is 9.62. The summed E-state index contributed by atoms with van der Waals surface area (Å²) in [7, 11) is 1.78. The molecule has 1 atom stereocenters. The van der Waals surface area contributed by atoms with Crippen molar-refractivity contribution in [2.75, 3.05) is 46.4 Å². The van der Waals surface area contributed by atoms with Gasteiger partial charge < -0.3 is 19.8 Å². The van der Waals surface area contributed by atoms with Gasteiger partial charge in [0.15, 0.2) is 5.96 Å². The van der Waals surface area contributed by atoms with Crippen LogP contribution in [0.15, 0.2) is 39.9 Å². The number of hydrogen-bond acceptors (Lipinski definition) is 5. The van der Waals surface area contributed by atoms with Crippen LogP contribution in [0.4, 0.5) is 4.39 Å². The fourth-order valence-corrected chi connectivity index (χ4v) is 3.74. The molecule has 3 rings (SSSR count). The SMILES string of the molecule is CN=C(NCCc1coc(-c2ccc(F)cc2)n1)NCC(CC(C)C)N1CCOCC1. The van der Waals surface area contributed by atoms with Crippen LogP contribution in [-0.2, 0) is 11.2 Å². The molecule has 1 unspecified atom stereocenters. The molecule has 0 aliphatic carbocycles. The van der Waals surface area contributed by atoms with Crippen LogP contribution < -0.4 is 10.6 Å². The highest BCUT2D eigenvalue weighted by atomic mass is 19.1. The van der Waals surface area contributed by atoms with Gasteiger partial charge in [-0.25, -0.2) is 9.37 Å². The molecule has 2 aromatic rings. The van der Waals surface area contributed by atoms with Crippen LogP contribution in [0.1, 0.15) is 26.0 Å². The maximum absolute atomic E-state index is 13.1. The van der Waals surface area contributed by atoms with Crippen molar-refractivity contribution in [2.45, 2.75) is 32.7 Å². The van der Waals surface area contributed by atoms with Crippen molar-refractivity contribution in [3.63, 3.8) is 0 Å². The van der Waals surface area contributed by atoms with E-state index in [9.17, 15) is 4.39 Å². The summed E-state index contributed by atoms with van der Waals surface area (Å²) in [5, 5.41) is 6.82. The number of ether oxygens (including phenoxy) is 1. The van der Waals surface area contributed by atoms with Crippen LogP contribution in [0.5, 0.6) is 0 Å². The first kappa shape index (κ1) is 23.2. The second-order valence-corrected chi connectivity index (χ2v) is 8.21. The molecule has 1 fully saturated rings. The Morgan fingerprint density at radius 3 is 2.61 bits per heavy atom. The molecule has 1 aliphatic rings. The summed E-state index contributed by atoms with van der Waals surface area (Å²) >= 11 is 0. The van der Waals surface area contributed by atoms with Gasteiger partial charge >= 0.3 is 0 Å².